The molecule has 0 heterocycles. The molecular formula is C37H68. The minimum atomic E-state index is 0.569. The van der Waals surface area contributed by atoms with Crippen molar-refractivity contribution in [3.8, 4) is 0 Å². The van der Waals surface area contributed by atoms with Crippen LogP contribution in [0.25, 0.3) is 0 Å². The lowest BCUT2D eigenvalue weighted by Gasteiger charge is -2.37. The first-order chi connectivity index (χ1) is 18.0. The van der Waals surface area contributed by atoms with E-state index < -0.39 is 0 Å². The highest BCUT2D eigenvalue weighted by molar-refractivity contribution is 4.90. The fourth-order valence-electron chi connectivity index (χ4n) is 10.1. The minimum absolute atomic E-state index is 0.569. The predicted octanol–water partition coefficient (Wildman–Crippen LogP) is 12.5. The highest BCUT2D eigenvalue weighted by atomic mass is 14.4. The summed E-state index contributed by atoms with van der Waals surface area (Å²) in [7, 11) is 0. The lowest BCUT2D eigenvalue weighted by atomic mass is 9.68. The molecule has 0 spiro atoms. The van der Waals surface area contributed by atoms with Gasteiger partial charge in [-0.3, -0.25) is 0 Å². The van der Waals surface area contributed by atoms with Gasteiger partial charge in [-0.2, -0.15) is 0 Å². The molecule has 0 nitrogen and oxygen atoms in total. The van der Waals surface area contributed by atoms with Crippen LogP contribution in [0.4, 0.5) is 0 Å². The maximum Gasteiger partial charge on any atom is -0.0354 e. The zero-order valence-electron chi connectivity index (χ0n) is 25.9. The first-order valence-corrected chi connectivity index (χ1v) is 18.0. The van der Waals surface area contributed by atoms with Crippen molar-refractivity contribution < 1.29 is 0 Å². The Balaban J connectivity index is 1.45. The minimum Gasteiger partial charge on any atom is -0.0651 e. The lowest BCUT2D eigenvalue weighted by Crippen LogP contribution is -2.27. The topological polar surface area (TPSA) is 0 Å². The molecule has 216 valence electrons. The van der Waals surface area contributed by atoms with E-state index in [0.717, 1.165) is 41.4 Å². The summed E-state index contributed by atoms with van der Waals surface area (Å²) < 4.78 is 0. The van der Waals surface area contributed by atoms with Crippen molar-refractivity contribution in [2.45, 2.75) is 188 Å². The molecule has 0 bridgehead atoms. The largest absolute Gasteiger partial charge is 0.0651 e. The molecular weight excluding hydrogens is 444 g/mol. The molecule has 0 aromatic heterocycles. The Bertz CT molecular complexity index is 597. The molecule has 0 aromatic rings. The van der Waals surface area contributed by atoms with Crippen LogP contribution in [0.2, 0.25) is 0 Å². The zero-order valence-corrected chi connectivity index (χ0v) is 25.9. The van der Waals surface area contributed by atoms with Gasteiger partial charge in [0.05, 0.1) is 0 Å². The Morgan fingerprint density at radius 1 is 0.486 bits per heavy atom. The van der Waals surface area contributed by atoms with Crippen molar-refractivity contribution in [3.63, 3.8) is 0 Å². The number of rotatable bonds is 5. The first kappa shape index (κ1) is 30.0. The van der Waals surface area contributed by atoms with E-state index >= 15 is 0 Å². The molecule has 0 aliphatic heterocycles. The Kier molecular flexibility index (Phi) is 12.7. The maximum atomic E-state index is 2.60. The Labute approximate surface area is 234 Å². The molecule has 0 radical (unpaired) electrons. The summed E-state index contributed by atoms with van der Waals surface area (Å²) in [4.78, 5) is 0. The zero-order chi connectivity index (χ0) is 25.9. The van der Waals surface area contributed by atoms with Crippen LogP contribution in [0.5, 0.6) is 0 Å². The van der Waals surface area contributed by atoms with Gasteiger partial charge in [0.25, 0.3) is 0 Å². The maximum absolute atomic E-state index is 2.60. The summed E-state index contributed by atoms with van der Waals surface area (Å²) in [6, 6.07) is 0. The van der Waals surface area contributed by atoms with E-state index in [1.807, 2.05) is 0 Å². The van der Waals surface area contributed by atoms with Gasteiger partial charge in [0, 0.05) is 0 Å². The van der Waals surface area contributed by atoms with Gasteiger partial charge in [0.15, 0.2) is 0 Å². The van der Waals surface area contributed by atoms with Crippen LogP contribution in [0, 0.1) is 46.8 Å². The Hall–Kier alpha value is 0. The molecule has 6 atom stereocenters. The van der Waals surface area contributed by atoms with Crippen LogP contribution in [-0.4, -0.2) is 0 Å². The van der Waals surface area contributed by atoms with Crippen molar-refractivity contribution in [2.24, 2.45) is 46.8 Å². The van der Waals surface area contributed by atoms with Crippen molar-refractivity contribution in [3.05, 3.63) is 0 Å². The van der Waals surface area contributed by atoms with Gasteiger partial charge in [-0.25, -0.2) is 0 Å². The third-order valence-corrected chi connectivity index (χ3v) is 12.5. The normalized spacial score (nSPS) is 38.0. The molecule has 4 aliphatic rings. The number of hydrogen-bond acceptors (Lipinski definition) is 0. The lowest BCUT2D eigenvalue weighted by molar-refractivity contribution is 0.134. The summed E-state index contributed by atoms with van der Waals surface area (Å²) in [5.74, 6) is 7.47. The first-order valence-electron chi connectivity index (χ1n) is 18.0. The quantitative estimate of drug-likeness (QED) is 0.343. The fraction of sp³-hybridized carbons (Fsp3) is 1.00. The standard InChI is InChI=1S/C37H68/c1-4-30-19-15-21-32(27-30)33-23-24-35(29-33)36-22-16-26-37(2,3)25-14-9-7-5-6-8-13-20-34(36)28-31-17-11-10-12-18-31/h30-36H,4-29H2,1-3H3. The third kappa shape index (κ3) is 9.85. The van der Waals surface area contributed by atoms with Gasteiger partial charge in [-0.1, -0.05) is 136 Å². The molecule has 37 heavy (non-hydrogen) atoms. The van der Waals surface area contributed by atoms with Crippen LogP contribution >= 0.6 is 0 Å². The predicted molar refractivity (Wildman–Crippen MR) is 164 cm³/mol. The van der Waals surface area contributed by atoms with Crippen LogP contribution in [0.15, 0.2) is 0 Å². The average molecular weight is 513 g/mol. The van der Waals surface area contributed by atoms with E-state index in [4.69, 9.17) is 0 Å². The summed E-state index contributed by atoms with van der Waals surface area (Å²) in [5.41, 5.74) is 0.569. The second kappa shape index (κ2) is 15.7. The second-order valence-corrected chi connectivity index (χ2v) is 15.8. The molecule has 4 aliphatic carbocycles. The third-order valence-electron chi connectivity index (χ3n) is 12.5. The van der Waals surface area contributed by atoms with E-state index in [1.165, 1.54) is 103 Å². The van der Waals surface area contributed by atoms with Gasteiger partial charge >= 0.3 is 0 Å². The molecule has 0 amide bonds. The van der Waals surface area contributed by atoms with Gasteiger partial charge in [-0.05, 0) is 98.2 Å². The van der Waals surface area contributed by atoms with Crippen LogP contribution in [0.1, 0.15) is 188 Å². The van der Waals surface area contributed by atoms with Crippen LogP contribution in [-0.2, 0) is 0 Å². The van der Waals surface area contributed by atoms with Crippen molar-refractivity contribution in [1.29, 1.82) is 0 Å². The van der Waals surface area contributed by atoms with E-state index in [0.29, 0.717) is 5.41 Å². The van der Waals surface area contributed by atoms with Crippen LogP contribution in [0.3, 0.4) is 0 Å². The molecule has 0 N–H and O–H groups in total. The molecule has 4 fully saturated rings. The van der Waals surface area contributed by atoms with E-state index in [1.54, 1.807) is 64.2 Å². The van der Waals surface area contributed by atoms with Crippen molar-refractivity contribution in [2.75, 3.05) is 0 Å². The molecule has 0 heteroatoms. The Morgan fingerprint density at radius 2 is 1.08 bits per heavy atom. The van der Waals surface area contributed by atoms with Crippen molar-refractivity contribution in [1.82, 2.24) is 0 Å². The van der Waals surface area contributed by atoms with E-state index in [-0.39, 0.29) is 0 Å². The average Bonchev–Trinajstić information content (AvgIpc) is 3.40. The second-order valence-electron chi connectivity index (χ2n) is 15.8. The van der Waals surface area contributed by atoms with Crippen LogP contribution < -0.4 is 0 Å². The smallest absolute Gasteiger partial charge is 0.0354 e. The van der Waals surface area contributed by atoms with Crippen molar-refractivity contribution >= 4 is 0 Å². The molecule has 4 rings (SSSR count). The number of hydrogen-bond donors (Lipinski definition) is 0. The summed E-state index contributed by atoms with van der Waals surface area (Å²) in [5, 5.41) is 0. The fourth-order valence-corrected chi connectivity index (χ4v) is 10.1. The van der Waals surface area contributed by atoms with E-state index in [2.05, 4.69) is 20.8 Å². The summed E-state index contributed by atoms with van der Waals surface area (Å²) >= 11 is 0. The van der Waals surface area contributed by atoms with Gasteiger partial charge in [-0.15, -0.1) is 0 Å². The highest BCUT2D eigenvalue weighted by Gasteiger charge is 2.39. The Morgan fingerprint density at radius 3 is 1.86 bits per heavy atom. The van der Waals surface area contributed by atoms with Gasteiger partial charge < -0.3 is 0 Å². The van der Waals surface area contributed by atoms with Gasteiger partial charge in [0.1, 0.15) is 0 Å². The SMILES string of the molecule is CCC1CCCC(C2CCC(C3CCCC(C)(C)CCCCCCCCCC3CC3CCCCC3)C2)C1. The monoisotopic (exact) mass is 513 g/mol. The molecule has 6 unspecified atom stereocenters. The summed E-state index contributed by atoms with van der Waals surface area (Å²) in [6.07, 6.45) is 39.9. The summed E-state index contributed by atoms with van der Waals surface area (Å²) in [6.45, 7) is 7.65. The highest BCUT2D eigenvalue weighted by Crippen LogP contribution is 2.50. The molecule has 0 saturated heterocycles. The van der Waals surface area contributed by atoms with E-state index in [9.17, 15) is 0 Å². The molecule has 0 aromatic carbocycles. The van der Waals surface area contributed by atoms with Gasteiger partial charge in [0.2, 0.25) is 0 Å². The molecule has 4 saturated carbocycles.